The van der Waals surface area contributed by atoms with Crippen molar-refractivity contribution in [2.75, 3.05) is 0 Å². The Morgan fingerprint density at radius 3 is 3.14 bits per heavy atom. The lowest BCUT2D eigenvalue weighted by Gasteiger charge is -2.10. The fourth-order valence-electron chi connectivity index (χ4n) is 1.30. The van der Waals surface area contributed by atoms with Crippen LogP contribution in [0.15, 0.2) is 17.5 Å². The molecule has 0 saturated carbocycles. The summed E-state index contributed by atoms with van der Waals surface area (Å²) in [5, 5.41) is 13.4. The fraction of sp³-hybridized carbons (Fsp3) is 0.375. The monoisotopic (exact) mass is 209 g/mol. The second-order valence-electron chi connectivity index (χ2n) is 2.94. The summed E-state index contributed by atoms with van der Waals surface area (Å²) in [5.41, 5.74) is 5.53. The van der Waals surface area contributed by atoms with E-state index in [1.807, 2.05) is 11.4 Å². The van der Waals surface area contributed by atoms with Gasteiger partial charge in [-0.2, -0.15) is 0 Å². The van der Waals surface area contributed by atoms with Crippen molar-refractivity contribution in [1.29, 1.82) is 0 Å². The molecule has 2 aromatic heterocycles. The summed E-state index contributed by atoms with van der Waals surface area (Å²) in [6.45, 7) is 2.42. The normalized spacial score (nSPS) is 13.0. The van der Waals surface area contributed by atoms with Gasteiger partial charge in [0.05, 0.1) is 12.6 Å². The van der Waals surface area contributed by atoms with Crippen LogP contribution in [0.4, 0.5) is 0 Å². The smallest absolute Gasteiger partial charge is 0.165 e. The quantitative estimate of drug-likeness (QED) is 0.811. The largest absolute Gasteiger partial charge is 0.324 e. The molecule has 14 heavy (non-hydrogen) atoms. The number of nitrogens with zero attached hydrogens (tertiary/aromatic N) is 4. The van der Waals surface area contributed by atoms with Crippen molar-refractivity contribution in [3.05, 3.63) is 28.2 Å². The van der Waals surface area contributed by atoms with Crippen LogP contribution in [0.25, 0.3) is 0 Å². The third-order valence-electron chi connectivity index (χ3n) is 2.07. The average Bonchev–Trinajstić information content (AvgIpc) is 2.87. The number of hydrogen-bond donors (Lipinski definition) is 1. The number of hydrogen-bond acceptors (Lipinski definition) is 5. The summed E-state index contributed by atoms with van der Waals surface area (Å²) < 4.78 is 1.76. The first kappa shape index (κ1) is 9.29. The van der Waals surface area contributed by atoms with E-state index in [4.69, 9.17) is 5.73 Å². The van der Waals surface area contributed by atoms with E-state index in [0.717, 1.165) is 0 Å². The van der Waals surface area contributed by atoms with Crippen molar-refractivity contribution in [2.45, 2.75) is 19.5 Å². The molecule has 2 aromatic rings. The summed E-state index contributed by atoms with van der Waals surface area (Å²) in [5.74, 6) is 0.714. The van der Waals surface area contributed by atoms with E-state index in [2.05, 4.69) is 28.5 Å². The molecule has 2 rings (SSSR count). The Balaban J connectivity index is 2.31. The highest BCUT2D eigenvalue weighted by atomic mass is 32.1. The Kier molecular flexibility index (Phi) is 2.55. The summed E-state index contributed by atoms with van der Waals surface area (Å²) >= 11 is 1.69. The van der Waals surface area contributed by atoms with Crippen LogP contribution in [-0.2, 0) is 6.54 Å². The highest BCUT2D eigenvalue weighted by molar-refractivity contribution is 7.10. The number of thiophene rings is 1. The van der Waals surface area contributed by atoms with Crippen LogP contribution in [0.2, 0.25) is 0 Å². The maximum absolute atomic E-state index is 5.53. The van der Waals surface area contributed by atoms with Crippen molar-refractivity contribution in [3.63, 3.8) is 0 Å². The lowest BCUT2D eigenvalue weighted by Crippen LogP contribution is -2.14. The Bertz CT molecular complexity index is 394. The molecule has 74 valence electrons. The molecule has 0 saturated heterocycles. The van der Waals surface area contributed by atoms with Crippen LogP contribution in [0.1, 0.15) is 23.7 Å². The molecule has 5 nitrogen and oxygen atoms in total. The van der Waals surface area contributed by atoms with Crippen molar-refractivity contribution in [3.8, 4) is 0 Å². The Hall–Kier alpha value is -1.27. The zero-order valence-electron chi connectivity index (χ0n) is 7.79. The second kappa shape index (κ2) is 3.85. The zero-order chi connectivity index (χ0) is 9.97. The van der Waals surface area contributed by atoms with E-state index in [1.165, 1.54) is 4.88 Å². The standard InChI is InChI=1S/C8H11N5S/c1-6(7-3-2-4-14-7)13-8(5-9)10-11-12-13/h2-4,6H,5,9H2,1H3. The molecule has 2 heterocycles. The Morgan fingerprint density at radius 1 is 1.64 bits per heavy atom. The summed E-state index contributed by atoms with van der Waals surface area (Å²) in [6, 6.07) is 4.24. The zero-order valence-corrected chi connectivity index (χ0v) is 8.61. The van der Waals surface area contributed by atoms with Gasteiger partial charge in [-0.3, -0.25) is 0 Å². The summed E-state index contributed by atoms with van der Waals surface area (Å²) in [4.78, 5) is 1.23. The maximum atomic E-state index is 5.53. The molecule has 0 radical (unpaired) electrons. The van der Waals surface area contributed by atoms with Crippen LogP contribution < -0.4 is 5.73 Å². The molecule has 0 spiro atoms. The van der Waals surface area contributed by atoms with E-state index >= 15 is 0 Å². The minimum Gasteiger partial charge on any atom is -0.324 e. The second-order valence-corrected chi connectivity index (χ2v) is 3.91. The number of aromatic nitrogens is 4. The molecule has 2 N–H and O–H groups in total. The number of rotatable bonds is 3. The van der Waals surface area contributed by atoms with Gasteiger partial charge < -0.3 is 5.73 Å². The minimum absolute atomic E-state index is 0.156. The first-order chi connectivity index (χ1) is 6.83. The first-order valence-electron chi connectivity index (χ1n) is 4.33. The predicted octanol–water partition coefficient (Wildman–Crippen LogP) is 0.803. The number of nitrogens with two attached hydrogens (primary N) is 1. The third kappa shape index (κ3) is 1.53. The molecule has 6 heteroatoms. The van der Waals surface area contributed by atoms with Gasteiger partial charge >= 0.3 is 0 Å². The van der Waals surface area contributed by atoms with Crippen molar-refractivity contribution in [1.82, 2.24) is 20.2 Å². The van der Waals surface area contributed by atoms with Crippen molar-refractivity contribution in [2.24, 2.45) is 5.73 Å². The van der Waals surface area contributed by atoms with Gasteiger partial charge in [0.1, 0.15) is 0 Å². The molecule has 0 aliphatic heterocycles. The van der Waals surface area contributed by atoms with Gasteiger partial charge in [0.25, 0.3) is 0 Å². The molecule has 0 bridgehead atoms. The maximum Gasteiger partial charge on any atom is 0.165 e. The fourth-order valence-corrected chi connectivity index (χ4v) is 2.07. The van der Waals surface area contributed by atoms with Gasteiger partial charge in [0.15, 0.2) is 5.82 Å². The summed E-state index contributed by atoms with van der Waals surface area (Å²) in [7, 11) is 0. The van der Waals surface area contributed by atoms with E-state index in [0.29, 0.717) is 12.4 Å². The Labute approximate surface area is 85.5 Å². The lowest BCUT2D eigenvalue weighted by atomic mass is 10.3. The van der Waals surface area contributed by atoms with E-state index in [-0.39, 0.29) is 6.04 Å². The van der Waals surface area contributed by atoms with Gasteiger partial charge in [-0.25, -0.2) is 4.68 Å². The molecule has 0 fully saturated rings. The minimum atomic E-state index is 0.156. The average molecular weight is 209 g/mol. The first-order valence-corrected chi connectivity index (χ1v) is 5.21. The van der Waals surface area contributed by atoms with Gasteiger partial charge in [-0.1, -0.05) is 6.07 Å². The molecule has 1 unspecified atom stereocenters. The molecular formula is C8H11N5S. The highest BCUT2D eigenvalue weighted by Gasteiger charge is 2.13. The van der Waals surface area contributed by atoms with E-state index in [9.17, 15) is 0 Å². The molecule has 0 aromatic carbocycles. The van der Waals surface area contributed by atoms with Gasteiger partial charge in [0, 0.05) is 4.88 Å². The van der Waals surface area contributed by atoms with Gasteiger partial charge in [-0.05, 0) is 28.8 Å². The van der Waals surface area contributed by atoms with Crippen molar-refractivity contribution < 1.29 is 0 Å². The summed E-state index contributed by atoms with van der Waals surface area (Å²) in [6.07, 6.45) is 0. The van der Waals surface area contributed by atoms with Crippen molar-refractivity contribution >= 4 is 11.3 Å². The van der Waals surface area contributed by atoms with Crippen LogP contribution >= 0.6 is 11.3 Å². The van der Waals surface area contributed by atoms with Crippen LogP contribution in [0, 0.1) is 0 Å². The van der Waals surface area contributed by atoms with Gasteiger partial charge in [-0.15, -0.1) is 16.4 Å². The van der Waals surface area contributed by atoms with Gasteiger partial charge in [0.2, 0.25) is 0 Å². The molecule has 1 atom stereocenters. The SMILES string of the molecule is CC(c1cccs1)n1nnnc1CN. The van der Waals surface area contributed by atoms with Crippen LogP contribution in [0.3, 0.4) is 0 Å². The van der Waals surface area contributed by atoms with E-state index in [1.54, 1.807) is 16.0 Å². The Morgan fingerprint density at radius 2 is 2.50 bits per heavy atom. The predicted molar refractivity (Wildman–Crippen MR) is 53.8 cm³/mol. The molecule has 0 aliphatic carbocycles. The number of tetrazole rings is 1. The lowest BCUT2D eigenvalue weighted by molar-refractivity contribution is 0.528. The topological polar surface area (TPSA) is 69.6 Å². The molecule has 0 amide bonds. The van der Waals surface area contributed by atoms with Crippen LogP contribution in [0.5, 0.6) is 0 Å². The van der Waals surface area contributed by atoms with Crippen LogP contribution in [-0.4, -0.2) is 20.2 Å². The third-order valence-corrected chi connectivity index (χ3v) is 3.11. The van der Waals surface area contributed by atoms with E-state index < -0.39 is 0 Å². The molecular weight excluding hydrogens is 198 g/mol. The highest BCUT2D eigenvalue weighted by Crippen LogP contribution is 2.21. The molecule has 0 aliphatic rings.